The number of benzene rings is 2. The van der Waals surface area contributed by atoms with Crippen molar-refractivity contribution in [3.63, 3.8) is 0 Å². The highest BCUT2D eigenvalue weighted by Crippen LogP contribution is 2.50. The van der Waals surface area contributed by atoms with Crippen LogP contribution in [0.25, 0.3) is 11.0 Å². The van der Waals surface area contributed by atoms with Crippen LogP contribution in [0.3, 0.4) is 0 Å². The summed E-state index contributed by atoms with van der Waals surface area (Å²) in [4.78, 5) is 32.3. The topological polar surface area (TPSA) is 101 Å². The van der Waals surface area contributed by atoms with Crippen molar-refractivity contribution in [2.24, 2.45) is 0 Å². The van der Waals surface area contributed by atoms with Crippen molar-refractivity contribution < 1.29 is 32.2 Å². The predicted octanol–water partition coefficient (Wildman–Crippen LogP) is 4.90. The second-order valence-electron chi connectivity index (χ2n) is 8.65. The van der Waals surface area contributed by atoms with Gasteiger partial charge in [0.1, 0.15) is 18.0 Å². The number of hydrogen-bond donors (Lipinski definition) is 1. The van der Waals surface area contributed by atoms with Crippen LogP contribution >= 0.6 is 0 Å². The van der Waals surface area contributed by atoms with E-state index in [1.807, 2.05) is 0 Å². The van der Waals surface area contributed by atoms with Crippen LogP contribution in [0.1, 0.15) is 12.0 Å². The Bertz CT molecular complexity index is 1510. The van der Waals surface area contributed by atoms with Crippen LogP contribution in [0.4, 0.5) is 29.3 Å². The van der Waals surface area contributed by atoms with Crippen molar-refractivity contribution in [3.05, 3.63) is 72.6 Å². The number of pyridine rings is 1. The van der Waals surface area contributed by atoms with E-state index in [2.05, 4.69) is 15.2 Å². The van der Waals surface area contributed by atoms with Crippen LogP contribution in [-0.4, -0.2) is 46.4 Å². The summed E-state index contributed by atoms with van der Waals surface area (Å²) in [6.07, 6.45) is -1.66. The number of nitrogens with zero attached hydrogens (tertiary/aromatic N) is 4. The minimum atomic E-state index is -4.61. The number of fused-ring (bicyclic) bond motifs is 1. The second kappa shape index (κ2) is 8.30. The molecule has 3 amide bonds. The highest BCUT2D eigenvalue weighted by atomic mass is 19.4. The van der Waals surface area contributed by atoms with Gasteiger partial charge in [0.15, 0.2) is 11.2 Å². The van der Waals surface area contributed by atoms with E-state index < -0.39 is 23.7 Å². The molecule has 9 nitrogen and oxygen atoms in total. The summed E-state index contributed by atoms with van der Waals surface area (Å²) in [5.74, 6) is 0.423. The first-order valence-electron chi connectivity index (χ1n) is 11.3. The molecule has 1 N–H and O–H groups in total. The van der Waals surface area contributed by atoms with E-state index in [-0.39, 0.29) is 30.8 Å². The average molecular weight is 509 g/mol. The molecule has 0 bridgehead atoms. The molecule has 2 fully saturated rings. The standard InChI is InChI=1S/C25H18F3N5O4/c26-25(27,28)24(8-9-36-24)16-2-1-3-18(11-16)32-14-21(34)33(23(32)35)17-4-6-19(7-5-17)37-20-10-15-12-30-31-22(15)29-13-20/h1-7,10-13H,8-9,14H2,(H,29,30,31). The number of aromatic nitrogens is 3. The molecule has 0 spiro atoms. The summed E-state index contributed by atoms with van der Waals surface area (Å²) in [7, 11) is 0. The Hall–Kier alpha value is -4.45. The number of urea groups is 1. The normalized spacial score (nSPS) is 20.0. The summed E-state index contributed by atoms with van der Waals surface area (Å²) < 4.78 is 51.9. The van der Waals surface area contributed by atoms with Gasteiger partial charge in [-0.15, -0.1) is 0 Å². The number of nitrogens with one attached hydrogen (secondary N) is 1. The predicted molar refractivity (Wildman–Crippen MR) is 125 cm³/mol. The van der Waals surface area contributed by atoms with Crippen LogP contribution in [-0.2, 0) is 15.1 Å². The van der Waals surface area contributed by atoms with Gasteiger partial charge in [-0.1, -0.05) is 12.1 Å². The molecule has 0 saturated carbocycles. The van der Waals surface area contributed by atoms with Gasteiger partial charge in [-0.2, -0.15) is 18.3 Å². The maximum atomic E-state index is 13.7. The van der Waals surface area contributed by atoms with E-state index in [1.54, 1.807) is 36.5 Å². The number of aromatic amines is 1. The number of ether oxygens (including phenoxy) is 2. The molecule has 0 aliphatic carbocycles. The number of hydrogen-bond acceptors (Lipinski definition) is 6. The van der Waals surface area contributed by atoms with Gasteiger partial charge in [0.2, 0.25) is 0 Å². The molecule has 2 aromatic carbocycles. The Labute approximate surface area is 207 Å². The number of halogens is 3. The first-order chi connectivity index (χ1) is 17.7. The molecular weight excluding hydrogens is 491 g/mol. The van der Waals surface area contributed by atoms with Crippen molar-refractivity contribution >= 4 is 34.3 Å². The molecule has 4 heterocycles. The van der Waals surface area contributed by atoms with Crippen LogP contribution in [0.2, 0.25) is 0 Å². The molecule has 12 heteroatoms. The Balaban J connectivity index is 1.21. The Kier molecular flexibility index (Phi) is 5.16. The monoisotopic (exact) mass is 509 g/mol. The lowest BCUT2D eigenvalue weighted by atomic mass is 9.85. The summed E-state index contributed by atoms with van der Waals surface area (Å²) in [5, 5.41) is 7.43. The number of anilines is 2. The van der Waals surface area contributed by atoms with Crippen LogP contribution in [0.5, 0.6) is 11.5 Å². The quantitative estimate of drug-likeness (QED) is 0.384. The molecule has 2 aliphatic rings. The van der Waals surface area contributed by atoms with Gasteiger partial charge in [0, 0.05) is 17.5 Å². The summed E-state index contributed by atoms with van der Waals surface area (Å²) in [5.41, 5.74) is -1.40. The second-order valence-corrected chi connectivity index (χ2v) is 8.65. The van der Waals surface area contributed by atoms with Crippen molar-refractivity contribution in [2.45, 2.75) is 18.2 Å². The van der Waals surface area contributed by atoms with E-state index in [1.165, 1.54) is 30.5 Å². The number of imide groups is 1. The SMILES string of the molecule is O=C1CN(c2cccc(C3(C(F)(F)F)CCO3)c2)C(=O)N1c1ccc(Oc2cnc3[nH]ncc3c2)cc1. The molecule has 2 aliphatic heterocycles. The van der Waals surface area contributed by atoms with Crippen LogP contribution in [0.15, 0.2) is 67.0 Å². The molecular formula is C25H18F3N5O4. The number of H-pyrrole nitrogens is 1. The summed E-state index contributed by atoms with van der Waals surface area (Å²) in [6, 6.07) is 12.9. The zero-order chi connectivity index (χ0) is 25.8. The number of carbonyl (C=O) groups excluding carboxylic acids is 2. The van der Waals surface area contributed by atoms with Gasteiger partial charge >= 0.3 is 12.2 Å². The largest absolute Gasteiger partial charge is 0.456 e. The number of alkyl halides is 3. The fraction of sp³-hybridized carbons (Fsp3) is 0.200. The lowest BCUT2D eigenvalue weighted by molar-refractivity contribution is -0.333. The van der Waals surface area contributed by atoms with Crippen molar-refractivity contribution in [3.8, 4) is 11.5 Å². The van der Waals surface area contributed by atoms with Gasteiger partial charge in [-0.3, -0.25) is 14.8 Å². The maximum Gasteiger partial charge on any atom is 0.421 e. The first-order valence-corrected chi connectivity index (χ1v) is 11.3. The van der Waals surface area contributed by atoms with Crippen molar-refractivity contribution in [1.82, 2.24) is 15.2 Å². The minimum absolute atomic E-state index is 0.00714. The molecule has 0 radical (unpaired) electrons. The third-order valence-corrected chi connectivity index (χ3v) is 6.45. The van der Waals surface area contributed by atoms with Gasteiger partial charge in [-0.05, 0) is 48.0 Å². The van der Waals surface area contributed by atoms with Crippen LogP contribution in [0, 0.1) is 0 Å². The molecule has 1 atom stereocenters. The summed E-state index contributed by atoms with van der Waals surface area (Å²) in [6.45, 7) is -0.316. The first kappa shape index (κ1) is 23.0. The summed E-state index contributed by atoms with van der Waals surface area (Å²) >= 11 is 0. The van der Waals surface area contributed by atoms with Gasteiger partial charge in [0.05, 0.1) is 24.7 Å². The Morgan fingerprint density at radius 1 is 1.00 bits per heavy atom. The maximum absolute atomic E-state index is 13.7. The lowest BCUT2D eigenvalue weighted by Crippen LogP contribution is -2.52. The van der Waals surface area contributed by atoms with Crippen LogP contribution < -0.4 is 14.5 Å². The van der Waals surface area contributed by atoms with Crippen molar-refractivity contribution in [2.75, 3.05) is 23.0 Å². The van der Waals surface area contributed by atoms with E-state index in [4.69, 9.17) is 9.47 Å². The highest BCUT2D eigenvalue weighted by Gasteiger charge is 2.61. The van der Waals surface area contributed by atoms with Crippen molar-refractivity contribution in [1.29, 1.82) is 0 Å². The van der Waals surface area contributed by atoms with Gasteiger partial charge in [0.25, 0.3) is 5.91 Å². The zero-order valence-corrected chi connectivity index (χ0v) is 19.0. The van der Waals surface area contributed by atoms with E-state index in [0.717, 1.165) is 15.2 Å². The van der Waals surface area contributed by atoms with Gasteiger partial charge < -0.3 is 9.47 Å². The van der Waals surface area contributed by atoms with E-state index >= 15 is 0 Å². The van der Waals surface area contributed by atoms with Gasteiger partial charge in [-0.25, -0.2) is 14.7 Å². The number of rotatable bonds is 5. The fourth-order valence-electron chi connectivity index (χ4n) is 4.47. The van der Waals surface area contributed by atoms with E-state index in [0.29, 0.717) is 22.8 Å². The Morgan fingerprint density at radius 3 is 2.49 bits per heavy atom. The molecule has 1 unspecified atom stereocenters. The lowest BCUT2D eigenvalue weighted by Gasteiger charge is -2.43. The number of amides is 3. The fourth-order valence-corrected chi connectivity index (χ4v) is 4.47. The third-order valence-electron chi connectivity index (χ3n) is 6.45. The number of carbonyl (C=O) groups is 2. The van der Waals surface area contributed by atoms with E-state index in [9.17, 15) is 22.8 Å². The molecule has 4 aromatic rings. The molecule has 2 aromatic heterocycles. The molecule has 37 heavy (non-hydrogen) atoms. The molecule has 188 valence electrons. The average Bonchev–Trinajstić information content (AvgIpc) is 3.41. The molecule has 2 saturated heterocycles. The smallest absolute Gasteiger partial charge is 0.421 e. The minimum Gasteiger partial charge on any atom is -0.456 e. The molecule has 6 rings (SSSR count). The Morgan fingerprint density at radius 2 is 1.78 bits per heavy atom. The highest BCUT2D eigenvalue weighted by molar-refractivity contribution is 6.26. The zero-order valence-electron chi connectivity index (χ0n) is 19.0. The third kappa shape index (κ3) is 3.76.